The number of methoxy groups -OCH3 is 1. The normalized spacial score (nSPS) is 11.1. The molecule has 9 nitrogen and oxygen atoms in total. The van der Waals surface area contributed by atoms with Gasteiger partial charge in [0.05, 0.1) is 29.7 Å². The Bertz CT molecular complexity index is 1430. The quantitative estimate of drug-likeness (QED) is 0.480. The molecule has 0 radical (unpaired) electrons. The molecule has 0 bridgehead atoms. The summed E-state index contributed by atoms with van der Waals surface area (Å²) < 4.78 is 8.55. The maximum Gasteiger partial charge on any atom is 0.276 e. The number of nitrogens with zero attached hydrogens (tertiary/aromatic N) is 6. The minimum atomic E-state index is -0.304. The van der Waals surface area contributed by atoms with Gasteiger partial charge in [0.25, 0.3) is 5.56 Å². The molecule has 0 saturated heterocycles. The Hall–Kier alpha value is -3.72. The molecule has 3 aromatic heterocycles. The number of aromatic nitrogens is 6. The van der Waals surface area contributed by atoms with E-state index in [1.807, 2.05) is 33.2 Å². The van der Waals surface area contributed by atoms with Crippen LogP contribution in [-0.4, -0.2) is 36.4 Å². The lowest BCUT2D eigenvalue weighted by atomic mass is 10.0. The fourth-order valence-corrected chi connectivity index (χ4v) is 4.00. The number of rotatable bonds is 5. The van der Waals surface area contributed by atoms with Gasteiger partial charge in [-0.05, 0) is 31.0 Å². The van der Waals surface area contributed by atoms with Crippen LogP contribution in [0.5, 0.6) is 5.75 Å². The lowest BCUT2D eigenvalue weighted by Crippen LogP contribution is -2.21. The highest BCUT2D eigenvalue weighted by Gasteiger charge is 2.20. The van der Waals surface area contributed by atoms with E-state index in [0.717, 1.165) is 16.8 Å². The second-order valence-electron chi connectivity index (χ2n) is 7.68. The third-order valence-electron chi connectivity index (χ3n) is 5.40. The van der Waals surface area contributed by atoms with Crippen molar-refractivity contribution in [3.63, 3.8) is 0 Å². The molecule has 0 unspecified atom stereocenters. The van der Waals surface area contributed by atoms with Gasteiger partial charge in [0.1, 0.15) is 22.8 Å². The van der Waals surface area contributed by atoms with Gasteiger partial charge in [0.15, 0.2) is 5.82 Å². The molecule has 0 fully saturated rings. The molecule has 4 aromatic rings. The van der Waals surface area contributed by atoms with Crippen LogP contribution in [0, 0.1) is 6.92 Å². The number of aryl methyl sites for hydroxylation is 4. The summed E-state index contributed by atoms with van der Waals surface area (Å²) in [6.45, 7) is 3.88. The maximum absolute atomic E-state index is 13.0. The van der Waals surface area contributed by atoms with Crippen molar-refractivity contribution in [2.45, 2.75) is 20.3 Å². The van der Waals surface area contributed by atoms with Crippen LogP contribution in [0.15, 0.2) is 35.5 Å². The Labute approximate surface area is 195 Å². The average Bonchev–Trinajstić information content (AvgIpc) is 3.14. The van der Waals surface area contributed by atoms with E-state index >= 15 is 0 Å². The van der Waals surface area contributed by atoms with Gasteiger partial charge in [-0.15, -0.1) is 0 Å². The number of halogens is 1. The zero-order valence-electron chi connectivity index (χ0n) is 19.0. The van der Waals surface area contributed by atoms with Crippen LogP contribution in [0.25, 0.3) is 33.9 Å². The Balaban J connectivity index is 1.94. The van der Waals surface area contributed by atoms with Gasteiger partial charge in [-0.1, -0.05) is 18.5 Å². The van der Waals surface area contributed by atoms with Gasteiger partial charge in [-0.2, -0.15) is 5.10 Å². The van der Waals surface area contributed by atoms with E-state index in [9.17, 15) is 4.79 Å². The van der Waals surface area contributed by atoms with E-state index in [1.54, 1.807) is 37.3 Å². The van der Waals surface area contributed by atoms with E-state index in [1.165, 1.54) is 4.57 Å². The zero-order chi connectivity index (χ0) is 23.9. The topological polar surface area (TPSA) is 114 Å². The molecule has 0 amide bonds. The Kier molecular flexibility index (Phi) is 5.90. The summed E-state index contributed by atoms with van der Waals surface area (Å²) in [6.07, 6.45) is 5.72. The predicted molar refractivity (Wildman–Crippen MR) is 128 cm³/mol. The maximum atomic E-state index is 13.0. The molecule has 0 aliphatic carbocycles. The number of hydrogen-bond donors (Lipinski definition) is 1. The summed E-state index contributed by atoms with van der Waals surface area (Å²) in [7, 11) is 5.05. The lowest BCUT2D eigenvalue weighted by molar-refractivity contribution is 0.414. The van der Waals surface area contributed by atoms with E-state index in [-0.39, 0.29) is 17.1 Å². The van der Waals surface area contributed by atoms with Gasteiger partial charge in [0, 0.05) is 37.6 Å². The van der Waals surface area contributed by atoms with Gasteiger partial charge < -0.3 is 15.0 Å². The van der Waals surface area contributed by atoms with Crippen molar-refractivity contribution in [1.82, 2.24) is 29.3 Å². The number of anilines is 1. The van der Waals surface area contributed by atoms with Crippen LogP contribution in [0.1, 0.15) is 18.2 Å². The first-order valence-corrected chi connectivity index (χ1v) is 10.7. The number of nitrogens with two attached hydrogens (primary N) is 1. The Morgan fingerprint density at radius 1 is 1.09 bits per heavy atom. The molecular formula is C23H24ClN7O2. The number of nitrogen functional groups attached to an aromatic ring is 1. The molecule has 0 spiro atoms. The van der Waals surface area contributed by atoms with E-state index in [0.29, 0.717) is 39.8 Å². The molecule has 0 atom stereocenters. The summed E-state index contributed by atoms with van der Waals surface area (Å²) >= 11 is 6.65. The van der Waals surface area contributed by atoms with Crippen LogP contribution < -0.4 is 16.0 Å². The van der Waals surface area contributed by atoms with Gasteiger partial charge in [-0.25, -0.2) is 15.0 Å². The molecule has 0 aliphatic rings. The summed E-state index contributed by atoms with van der Waals surface area (Å²) in [5.41, 5.74) is 10.4. The van der Waals surface area contributed by atoms with Crippen molar-refractivity contribution in [2.75, 3.05) is 12.8 Å². The van der Waals surface area contributed by atoms with E-state index in [4.69, 9.17) is 27.1 Å². The third kappa shape index (κ3) is 4.07. The minimum absolute atomic E-state index is 0.178. The lowest BCUT2D eigenvalue weighted by Gasteiger charge is -2.13. The standard InChI is InChI=1S/C23H24ClN7O2/c1-6-13-7-14(33-5)8-15(19(13)24)20-23(32)30(3)11-18(28-20)21-22(25)26-9-17(27-21)16-10-31(4)29-12(16)2/h7-11H,6H2,1-5H3,(H2,25,26). The van der Waals surface area contributed by atoms with Crippen molar-refractivity contribution >= 4 is 17.4 Å². The highest BCUT2D eigenvalue weighted by molar-refractivity contribution is 6.34. The Morgan fingerprint density at radius 2 is 1.82 bits per heavy atom. The van der Waals surface area contributed by atoms with Crippen LogP contribution in [0.3, 0.4) is 0 Å². The molecule has 2 N–H and O–H groups in total. The van der Waals surface area contributed by atoms with Gasteiger partial charge in [-0.3, -0.25) is 9.48 Å². The first-order valence-electron chi connectivity index (χ1n) is 10.3. The van der Waals surface area contributed by atoms with Crippen molar-refractivity contribution in [2.24, 2.45) is 14.1 Å². The van der Waals surface area contributed by atoms with Crippen molar-refractivity contribution in [1.29, 1.82) is 0 Å². The van der Waals surface area contributed by atoms with Crippen LogP contribution in [0.4, 0.5) is 5.82 Å². The molecule has 10 heteroatoms. The van der Waals surface area contributed by atoms with Gasteiger partial charge in [0.2, 0.25) is 0 Å². The van der Waals surface area contributed by atoms with Gasteiger partial charge >= 0.3 is 0 Å². The zero-order valence-corrected chi connectivity index (χ0v) is 19.8. The summed E-state index contributed by atoms with van der Waals surface area (Å²) in [6, 6.07) is 3.56. The van der Waals surface area contributed by atoms with E-state index in [2.05, 4.69) is 15.1 Å². The molecule has 0 aliphatic heterocycles. The SMILES string of the molecule is CCc1cc(OC)cc(-c2nc(-c3nc(-c4cn(C)nc4C)cnc3N)cn(C)c2=O)c1Cl. The number of hydrogen-bond acceptors (Lipinski definition) is 7. The molecular weight excluding hydrogens is 442 g/mol. The average molecular weight is 466 g/mol. The fourth-order valence-electron chi connectivity index (χ4n) is 3.67. The molecule has 1 aromatic carbocycles. The first kappa shape index (κ1) is 22.5. The third-order valence-corrected chi connectivity index (χ3v) is 5.84. The number of benzene rings is 1. The second kappa shape index (κ2) is 8.67. The molecule has 0 saturated carbocycles. The molecule has 33 heavy (non-hydrogen) atoms. The van der Waals surface area contributed by atoms with Crippen LogP contribution in [-0.2, 0) is 20.5 Å². The molecule has 4 rings (SSSR count). The predicted octanol–water partition coefficient (Wildman–Crippen LogP) is 3.42. The smallest absolute Gasteiger partial charge is 0.276 e. The summed E-state index contributed by atoms with van der Waals surface area (Å²) in [5.74, 6) is 0.789. The summed E-state index contributed by atoms with van der Waals surface area (Å²) in [5, 5.41) is 4.82. The number of ether oxygens (including phenoxy) is 1. The highest BCUT2D eigenvalue weighted by Crippen LogP contribution is 2.34. The summed E-state index contributed by atoms with van der Waals surface area (Å²) in [4.78, 5) is 26.7. The Morgan fingerprint density at radius 3 is 2.45 bits per heavy atom. The largest absolute Gasteiger partial charge is 0.497 e. The highest BCUT2D eigenvalue weighted by atomic mass is 35.5. The van der Waals surface area contributed by atoms with Crippen molar-refractivity contribution in [3.05, 3.63) is 57.4 Å². The van der Waals surface area contributed by atoms with E-state index < -0.39 is 0 Å². The fraction of sp³-hybridized carbons (Fsp3) is 0.261. The molecule has 3 heterocycles. The monoisotopic (exact) mass is 465 g/mol. The van der Waals surface area contributed by atoms with Crippen LogP contribution in [0.2, 0.25) is 5.02 Å². The van der Waals surface area contributed by atoms with Crippen LogP contribution >= 0.6 is 11.6 Å². The minimum Gasteiger partial charge on any atom is -0.497 e. The first-order chi connectivity index (χ1) is 15.7. The van der Waals surface area contributed by atoms with Crippen molar-refractivity contribution in [3.8, 4) is 39.7 Å². The van der Waals surface area contributed by atoms with Crippen molar-refractivity contribution < 1.29 is 4.74 Å². The molecule has 170 valence electrons. The second-order valence-corrected chi connectivity index (χ2v) is 8.06.